The number of fused-ring (bicyclic) bond motifs is 1. The SMILES string of the molecule is Cn1c(C2CC2)nc2cc(C3(CN)CC3)ccc21. The lowest BCUT2D eigenvalue weighted by Gasteiger charge is -2.12. The molecule has 4 rings (SSSR count). The maximum Gasteiger partial charge on any atom is 0.112 e. The van der Waals surface area contributed by atoms with Crippen LogP contribution < -0.4 is 5.73 Å². The number of aromatic nitrogens is 2. The normalized spacial score (nSPS) is 21.4. The maximum atomic E-state index is 5.91. The van der Waals surface area contributed by atoms with Crippen LogP contribution in [-0.4, -0.2) is 16.1 Å². The second-order valence-corrected chi connectivity index (χ2v) is 5.99. The Hall–Kier alpha value is -1.35. The summed E-state index contributed by atoms with van der Waals surface area (Å²) < 4.78 is 2.26. The van der Waals surface area contributed by atoms with Crippen LogP contribution in [0, 0.1) is 0 Å². The van der Waals surface area contributed by atoms with E-state index in [2.05, 4.69) is 29.8 Å². The van der Waals surface area contributed by atoms with Crippen molar-refractivity contribution in [3.05, 3.63) is 29.6 Å². The van der Waals surface area contributed by atoms with Crippen LogP contribution >= 0.6 is 0 Å². The van der Waals surface area contributed by atoms with Crippen LogP contribution in [0.4, 0.5) is 0 Å². The highest BCUT2D eigenvalue weighted by Crippen LogP contribution is 2.48. The predicted molar refractivity (Wildman–Crippen MR) is 72.7 cm³/mol. The van der Waals surface area contributed by atoms with Crippen LogP contribution in [0.25, 0.3) is 11.0 Å². The second-order valence-electron chi connectivity index (χ2n) is 5.99. The Morgan fingerprint density at radius 2 is 2.17 bits per heavy atom. The van der Waals surface area contributed by atoms with Gasteiger partial charge < -0.3 is 10.3 Å². The lowest BCUT2D eigenvalue weighted by atomic mass is 9.96. The molecule has 94 valence electrons. The molecule has 0 amide bonds. The fraction of sp³-hybridized carbons (Fsp3) is 0.533. The predicted octanol–water partition coefficient (Wildman–Crippen LogP) is 2.44. The first-order valence-corrected chi connectivity index (χ1v) is 6.90. The molecule has 18 heavy (non-hydrogen) atoms. The number of imidazole rings is 1. The molecule has 3 heteroatoms. The zero-order chi connectivity index (χ0) is 12.3. The Bertz CT molecular complexity index is 618. The topological polar surface area (TPSA) is 43.8 Å². The summed E-state index contributed by atoms with van der Waals surface area (Å²) in [6.07, 6.45) is 5.07. The lowest BCUT2D eigenvalue weighted by Crippen LogP contribution is -2.19. The molecule has 2 N–H and O–H groups in total. The highest BCUT2D eigenvalue weighted by atomic mass is 15.1. The van der Waals surface area contributed by atoms with Crippen molar-refractivity contribution in [1.29, 1.82) is 0 Å². The largest absolute Gasteiger partial charge is 0.331 e. The van der Waals surface area contributed by atoms with Crippen molar-refractivity contribution in [1.82, 2.24) is 9.55 Å². The molecule has 0 radical (unpaired) electrons. The van der Waals surface area contributed by atoms with Gasteiger partial charge in [-0.25, -0.2) is 4.98 Å². The van der Waals surface area contributed by atoms with Gasteiger partial charge in [0.2, 0.25) is 0 Å². The monoisotopic (exact) mass is 241 g/mol. The molecule has 1 aromatic carbocycles. The summed E-state index contributed by atoms with van der Waals surface area (Å²) >= 11 is 0. The van der Waals surface area contributed by atoms with Crippen LogP contribution in [0.3, 0.4) is 0 Å². The molecule has 1 heterocycles. The van der Waals surface area contributed by atoms with Crippen LogP contribution in [0.5, 0.6) is 0 Å². The van der Waals surface area contributed by atoms with E-state index in [9.17, 15) is 0 Å². The molecule has 2 aromatic rings. The standard InChI is InChI=1S/C15H19N3/c1-18-13-5-4-11(15(9-16)6-7-15)8-12(13)17-14(18)10-2-3-10/h4-5,8,10H,2-3,6-7,9,16H2,1H3. The molecule has 3 nitrogen and oxygen atoms in total. The zero-order valence-electron chi connectivity index (χ0n) is 10.8. The minimum atomic E-state index is 0.269. The minimum Gasteiger partial charge on any atom is -0.331 e. The first-order valence-electron chi connectivity index (χ1n) is 6.90. The van der Waals surface area contributed by atoms with Gasteiger partial charge in [0.15, 0.2) is 0 Å². The van der Waals surface area contributed by atoms with Crippen LogP contribution in [0.15, 0.2) is 18.2 Å². The molecule has 2 fully saturated rings. The molecule has 2 saturated carbocycles. The molecule has 2 aliphatic rings. The molecule has 0 atom stereocenters. The average Bonchev–Trinajstić information content (AvgIpc) is 3.29. The lowest BCUT2D eigenvalue weighted by molar-refractivity contribution is 0.705. The van der Waals surface area contributed by atoms with Crippen LogP contribution in [-0.2, 0) is 12.5 Å². The van der Waals surface area contributed by atoms with Gasteiger partial charge in [0.25, 0.3) is 0 Å². The number of benzene rings is 1. The number of rotatable bonds is 3. The second kappa shape index (κ2) is 3.35. The van der Waals surface area contributed by atoms with Gasteiger partial charge in [-0.2, -0.15) is 0 Å². The Morgan fingerprint density at radius 1 is 1.39 bits per heavy atom. The molecular weight excluding hydrogens is 222 g/mol. The van der Waals surface area contributed by atoms with Crippen LogP contribution in [0.2, 0.25) is 0 Å². The van der Waals surface area contributed by atoms with Crippen LogP contribution in [0.1, 0.15) is 43.0 Å². The van der Waals surface area contributed by atoms with Gasteiger partial charge in [0, 0.05) is 24.9 Å². The van der Waals surface area contributed by atoms with Crippen molar-refractivity contribution in [2.24, 2.45) is 12.8 Å². The van der Waals surface area contributed by atoms with Gasteiger partial charge in [-0.1, -0.05) is 6.07 Å². The average molecular weight is 241 g/mol. The number of nitrogens with zero attached hydrogens (tertiary/aromatic N) is 2. The Kier molecular flexibility index (Phi) is 1.97. The Morgan fingerprint density at radius 3 is 2.78 bits per heavy atom. The molecule has 0 bridgehead atoms. The number of nitrogens with two attached hydrogens (primary N) is 1. The molecular formula is C15H19N3. The molecule has 0 unspecified atom stereocenters. The first kappa shape index (κ1) is 10.6. The van der Waals surface area contributed by atoms with Crippen molar-refractivity contribution in [3.63, 3.8) is 0 Å². The van der Waals surface area contributed by atoms with E-state index in [0.29, 0.717) is 5.92 Å². The van der Waals surface area contributed by atoms with Gasteiger partial charge in [-0.3, -0.25) is 0 Å². The first-order chi connectivity index (χ1) is 8.73. The summed E-state index contributed by atoms with van der Waals surface area (Å²) in [5.41, 5.74) is 9.98. The minimum absolute atomic E-state index is 0.269. The van der Waals surface area contributed by atoms with Crippen molar-refractivity contribution < 1.29 is 0 Å². The summed E-state index contributed by atoms with van der Waals surface area (Å²) in [7, 11) is 2.14. The summed E-state index contributed by atoms with van der Waals surface area (Å²) in [4.78, 5) is 4.83. The molecule has 2 aliphatic carbocycles. The van der Waals surface area contributed by atoms with Crippen molar-refractivity contribution in [2.45, 2.75) is 37.0 Å². The molecule has 0 aliphatic heterocycles. The Labute approximate surface area is 107 Å². The quantitative estimate of drug-likeness (QED) is 0.897. The highest BCUT2D eigenvalue weighted by molar-refractivity contribution is 5.77. The van der Waals surface area contributed by atoms with E-state index < -0.39 is 0 Å². The highest BCUT2D eigenvalue weighted by Gasteiger charge is 2.43. The molecule has 0 saturated heterocycles. The number of hydrogen-bond acceptors (Lipinski definition) is 2. The smallest absolute Gasteiger partial charge is 0.112 e. The fourth-order valence-corrected chi connectivity index (χ4v) is 3.02. The maximum absolute atomic E-state index is 5.91. The third-order valence-corrected chi connectivity index (χ3v) is 4.71. The van der Waals surface area contributed by atoms with E-state index in [-0.39, 0.29) is 5.41 Å². The van der Waals surface area contributed by atoms with Gasteiger partial charge in [-0.15, -0.1) is 0 Å². The molecule has 1 aromatic heterocycles. The van der Waals surface area contributed by atoms with Gasteiger partial charge in [-0.05, 0) is 43.4 Å². The van der Waals surface area contributed by atoms with Gasteiger partial charge in [0.1, 0.15) is 5.82 Å². The third kappa shape index (κ3) is 1.37. The summed E-state index contributed by atoms with van der Waals surface area (Å²) in [6.45, 7) is 0.765. The van der Waals surface area contributed by atoms with Crippen molar-refractivity contribution in [2.75, 3.05) is 6.54 Å². The summed E-state index contributed by atoms with van der Waals surface area (Å²) in [5.74, 6) is 1.97. The summed E-state index contributed by atoms with van der Waals surface area (Å²) in [6, 6.07) is 6.74. The van der Waals surface area contributed by atoms with E-state index >= 15 is 0 Å². The fourth-order valence-electron chi connectivity index (χ4n) is 3.02. The zero-order valence-corrected chi connectivity index (χ0v) is 10.8. The van der Waals surface area contributed by atoms with E-state index in [1.807, 2.05) is 0 Å². The number of hydrogen-bond donors (Lipinski definition) is 1. The van der Waals surface area contributed by atoms with Gasteiger partial charge in [0.05, 0.1) is 11.0 Å². The van der Waals surface area contributed by atoms with E-state index in [4.69, 9.17) is 10.7 Å². The van der Waals surface area contributed by atoms with Gasteiger partial charge >= 0.3 is 0 Å². The Balaban J connectivity index is 1.85. The number of aryl methyl sites for hydroxylation is 1. The van der Waals surface area contributed by atoms with E-state index in [1.165, 1.54) is 42.6 Å². The summed E-state index contributed by atoms with van der Waals surface area (Å²) in [5, 5.41) is 0. The van der Waals surface area contributed by atoms with Crippen molar-refractivity contribution in [3.8, 4) is 0 Å². The van der Waals surface area contributed by atoms with E-state index in [0.717, 1.165) is 12.1 Å². The van der Waals surface area contributed by atoms with E-state index in [1.54, 1.807) is 0 Å². The molecule has 0 spiro atoms. The van der Waals surface area contributed by atoms with Crippen molar-refractivity contribution >= 4 is 11.0 Å². The third-order valence-electron chi connectivity index (χ3n) is 4.71.